The van der Waals surface area contributed by atoms with Crippen LogP contribution in [0.2, 0.25) is 0 Å². The van der Waals surface area contributed by atoms with Crippen LogP contribution in [0.5, 0.6) is 11.8 Å². The van der Waals surface area contributed by atoms with E-state index in [1.165, 1.54) is 11.1 Å². The second kappa shape index (κ2) is 5.74. The maximum absolute atomic E-state index is 5.40. The van der Waals surface area contributed by atoms with Crippen molar-refractivity contribution in [3.05, 3.63) is 41.5 Å². The Labute approximate surface area is 125 Å². The van der Waals surface area contributed by atoms with Gasteiger partial charge in [-0.05, 0) is 42.6 Å². The fourth-order valence-corrected chi connectivity index (χ4v) is 2.86. The number of hydrogen-bond acceptors (Lipinski definition) is 4. The zero-order valence-corrected chi connectivity index (χ0v) is 12.6. The number of nitrogens with one attached hydrogen (secondary N) is 1. The average molecular weight is 284 g/mol. The van der Waals surface area contributed by atoms with E-state index >= 15 is 0 Å². The molecule has 0 bridgehead atoms. The first kappa shape index (κ1) is 13.9. The molecule has 1 atom stereocenters. The number of rotatable bonds is 3. The van der Waals surface area contributed by atoms with Crippen LogP contribution in [-0.4, -0.2) is 25.7 Å². The van der Waals surface area contributed by atoms with Gasteiger partial charge in [-0.1, -0.05) is 18.2 Å². The lowest BCUT2D eigenvalue weighted by molar-refractivity contribution is 0.366. The van der Waals surface area contributed by atoms with Crippen molar-refractivity contribution in [2.45, 2.75) is 19.4 Å². The number of hydrogen-bond donors (Lipinski definition) is 1. The highest BCUT2D eigenvalue weighted by Crippen LogP contribution is 2.33. The monoisotopic (exact) mass is 284 g/mol. The zero-order valence-electron chi connectivity index (χ0n) is 12.6. The first-order chi connectivity index (χ1) is 10.2. The summed E-state index contributed by atoms with van der Waals surface area (Å²) in [6.07, 6.45) is 1.05. The van der Waals surface area contributed by atoms with Gasteiger partial charge in [-0.15, -0.1) is 0 Å². The SMILES string of the molecule is COc1ccc(-c2ccc3c(c2)CCNC3C)c(OC)n1. The number of ether oxygens (including phenoxy) is 2. The van der Waals surface area contributed by atoms with Crippen LogP contribution in [0.4, 0.5) is 0 Å². The number of nitrogens with zero attached hydrogens (tertiary/aromatic N) is 1. The van der Waals surface area contributed by atoms with E-state index in [1.807, 2.05) is 12.1 Å². The summed E-state index contributed by atoms with van der Waals surface area (Å²) in [4.78, 5) is 4.36. The fraction of sp³-hybridized carbons (Fsp3) is 0.353. The summed E-state index contributed by atoms with van der Waals surface area (Å²) in [6.45, 7) is 3.23. The topological polar surface area (TPSA) is 43.4 Å². The zero-order chi connectivity index (χ0) is 14.8. The third kappa shape index (κ3) is 2.59. The molecule has 0 saturated carbocycles. The summed E-state index contributed by atoms with van der Waals surface area (Å²) in [6, 6.07) is 10.9. The molecule has 0 fully saturated rings. The van der Waals surface area contributed by atoms with Crippen molar-refractivity contribution < 1.29 is 9.47 Å². The molecule has 2 aromatic rings. The van der Waals surface area contributed by atoms with Gasteiger partial charge in [-0.3, -0.25) is 0 Å². The number of benzene rings is 1. The number of fused-ring (bicyclic) bond motifs is 1. The third-order valence-corrected chi connectivity index (χ3v) is 4.00. The molecule has 1 N–H and O–H groups in total. The molecular weight excluding hydrogens is 264 g/mol. The summed E-state index contributed by atoms with van der Waals surface area (Å²) < 4.78 is 10.6. The molecule has 1 aliphatic heterocycles. The highest BCUT2D eigenvalue weighted by molar-refractivity contribution is 5.70. The molecule has 110 valence electrons. The summed E-state index contributed by atoms with van der Waals surface area (Å²) in [5.41, 5.74) is 4.91. The Morgan fingerprint density at radius 2 is 2.00 bits per heavy atom. The van der Waals surface area contributed by atoms with Crippen molar-refractivity contribution in [3.8, 4) is 22.9 Å². The molecule has 21 heavy (non-hydrogen) atoms. The minimum Gasteiger partial charge on any atom is -0.481 e. The molecule has 4 heteroatoms. The molecule has 0 aliphatic carbocycles. The maximum atomic E-state index is 5.40. The highest BCUT2D eigenvalue weighted by atomic mass is 16.5. The van der Waals surface area contributed by atoms with Crippen LogP contribution in [0.1, 0.15) is 24.1 Å². The maximum Gasteiger partial charge on any atom is 0.224 e. The molecular formula is C17H20N2O2. The molecule has 0 radical (unpaired) electrons. The van der Waals surface area contributed by atoms with Crippen LogP contribution in [0.25, 0.3) is 11.1 Å². The second-order valence-electron chi connectivity index (χ2n) is 5.25. The van der Waals surface area contributed by atoms with Gasteiger partial charge in [-0.25, -0.2) is 0 Å². The Balaban J connectivity index is 2.05. The van der Waals surface area contributed by atoms with Gasteiger partial charge in [0, 0.05) is 17.7 Å². The lowest BCUT2D eigenvalue weighted by Gasteiger charge is -2.24. The van der Waals surface area contributed by atoms with Crippen LogP contribution >= 0.6 is 0 Å². The van der Waals surface area contributed by atoms with Crippen LogP contribution in [0.15, 0.2) is 30.3 Å². The Bertz CT molecular complexity index is 655. The molecule has 3 rings (SSSR count). The lowest BCUT2D eigenvalue weighted by Crippen LogP contribution is -2.27. The molecule has 0 amide bonds. The van der Waals surface area contributed by atoms with Crippen molar-refractivity contribution in [1.29, 1.82) is 0 Å². The minimum atomic E-state index is 0.415. The van der Waals surface area contributed by atoms with Gasteiger partial charge in [0.1, 0.15) is 0 Å². The van der Waals surface area contributed by atoms with Gasteiger partial charge in [0.25, 0.3) is 0 Å². The van der Waals surface area contributed by atoms with Gasteiger partial charge < -0.3 is 14.8 Å². The minimum absolute atomic E-state index is 0.415. The van der Waals surface area contributed by atoms with Gasteiger partial charge in [0.2, 0.25) is 11.8 Å². The van der Waals surface area contributed by atoms with Crippen molar-refractivity contribution >= 4 is 0 Å². The van der Waals surface area contributed by atoms with E-state index in [9.17, 15) is 0 Å². The predicted octanol–water partition coefficient (Wildman–Crippen LogP) is 2.97. The lowest BCUT2D eigenvalue weighted by atomic mass is 9.92. The van der Waals surface area contributed by atoms with E-state index in [0.29, 0.717) is 17.8 Å². The van der Waals surface area contributed by atoms with E-state index in [1.54, 1.807) is 14.2 Å². The van der Waals surface area contributed by atoms with Gasteiger partial charge in [-0.2, -0.15) is 4.98 Å². The van der Waals surface area contributed by atoms with Crippen LogP contribution < -0.4 is 14.8 Å². The predicted molar refractivity (Wildman–Crippen MR) is 82.9 cm³/mol. The van der Waals surface area contributed by atoms with Crippen LogP contribution in [-0.2, 0) is 6.42 Å². The van der Waals surface area contributed by atoms with Crippen molar-refractivity contribution in [2.75, 3.05) is 20.8 Å². The van der Waals surface area contributed by atoms with Crippen LogP contribution in [0.3, 0.4) is 0 Å². The molecule has 1 aromatic carbocycles. The van der Waals surface area contributed by atoms with Gasteiger partial charge >= 0.3 is 0 Å². The Hall–Kier alpha value is -2.07. The first-order valence-corrected chi connectivity index (χ1v) is 7.18. The van der Waals surface area contributed by atoms with Crippen LogP contribution in [0, 0.1) is 0 Å². The van der Waals surface area contributed by atoms with E-state index in [2.05, 4.69) is 35.4 Å². The van der Waals surface area contributed by atoms with Crippen molar-refractivity contribution in [2.24, 2.45) is 0 Å². The van der Waals surface area contributed by atoms with Gasteiger partial charge in [0.05, 0.1) is 14.2 Å². The van der Waals surface area contributed by atoms with E-state index in [-0.39, 0.29) is 0 Å². The Morgan fingerprint density at radius 3 is 2.76 bits per heavy atom. The molecule has 1 aromatic heterocycles. The largest absolute Gasteiger partial charge is 0.481 e. The summed E-state index contributed by atoms with van der Waals surface area (Å²) in [5.74, 6) is 1.16. The smallest absolute Gasteiger partial charge is 0.224 e. The standard InChI is InChI=1S/C17H20N2O2/c1-11-14-5-4-12(10-13(14)8-9-18-11)15-6-7-16(20-2)19-17(15)21-3/h4-7,10-11,18H,8-9H2,1-3H3. The molecule has 2 heterocycles. The fourth-order valence-electron chi connectivity index (χ4n) is 2.86. The number of pyridine rings is 1. The Morgan fingerprint density at radius 1 is 1.14 bits per heavy atom. The Kier molecular flexibility index (Phi) is 3.80. The third-order valence-electron chi connectivity index (χ3n) is 4.00. The van der Waals surface area contributed by atoms with Crippen molar-refractivity contribution in [3.63, 3.8) is 0 Å². The summed E-state index contributed by atoms with van der Waals surface area (Å²) >= 11 is 0. The van der Waals surface area contributed by atoms with E-state index < -0.39 is 0 Å². The van der Waals surface area contributed by atoms with E-state index in [0.717, 1.165) is 24.1 Å². The van der Waals surface area contributed by atoms with Gasteiger partial charge in [0.15, 0.2) is 0 Å². The highest BCUT2D eigenvalue weighted by Gasteiger charge is 2.17. The number of methoxy groups -OCH3 is 2. The molecule has 1 aliphatic rings. The molecule has 0 saturated heterocycles. The molecule has 1 unspecified atom stereocenters. The molecule has 0 spiro atoms. The quantitative estimate of drug-likeness (QED) is 0.941. The van der Waals surface area contributed by atoms with E-state index in [4.69, 9.17) is 9.47 Å². The summed E-state index contributed by atoms with van der Waals surface area (Å²) in [7, 11) is 3.24. The normalized spacial score (nSPS) is 17.2. The second-order valence-corrected chi connectivity index (χ2v) is 5.25. The number of aromatic nitrogens is 1. The van der Waals surface area contributed by atoms with Crippen molar-refractivity contribution in [1.82, 2.24) is 10.3 Å². The molecule has 4 nitrogen and oxygen atoms in total. The summed E-state index contributed by atoms with van der Waals surface area (Å²) in [5, 5.41) is 3.48. The first-order valence-electron chi connectivity index (χ1n) is 7.18. The average Bonchev–Trinajstić information content (AvgIpc) is 2.54.